The van der Waals surface area contributed by atoms with E-state index in [4.69, 9.17) is 0 Å². The summed E-state index contributed by atoms with van der Waals surface area (Å²) in [6, 6.07) is 8.23. The first kappa shape index (κ1) is 21.2. The zero-order valence-corrected chi connectivity index (χ0v) is 19.6. The lowest BCUT2D eigenvalue weighted by molar-refractivity contribution is -0.123. The summed E-state index contributed by atoms with van der Waals surface area (Å²) in [5.74, 6) is 0.127. The number of nitrogens with zero attached hydrogens (tertiary/aromatic N) is 3. The molecule has 1 atom stereocenters. The fraction of sp³-hybridized carbons (Fsp3) is 0.520. The van der Waals surface area contributed by atoms with Gasteiger partial charge in [-0.2, -0.15) is 5.10 Å². The second-order valence-electron chi connectivity index (χ2n) is 10.2. The van der Waals surface area contributed by atoms with Crippen molar-refractivity contribution in [2.24, 2.45) is 5.41 Å². The number of hydrogen-bond donors (Lipinski definition) is 3. The smallest absolute Gasteiger partial charge is 0.243 e. The van der Waals surface area contributed by atoms with E-state index < -0.39 is 0 Å². The van der Waals surface area contributed by atoms with Crippen LogP contribution in [-0.4, -0.2) is 65.3 Å². The molecule has 1 saturated heterocycles. The summed E-state index contributed by atoms with van der Waals surface area (Å²) in [7, 11) is 1.87. The van der Waals surface area contributed by atoms with Crippen molar-refractivity contribution in [1.82, 2.24) is 25.4 Å². The van der Waals surface area contributed by atoms with Crippen molar-refractivity contribution in [3.8, 4) is 11.4 Å². The molecule has 1 aliphatic carbocycles. The fourth-order valence-corrected chi connectivity index (χ4v) is 5.15. The molecule has 32 heavy (non-hydrogen) atoms. The van der Waals surface area contributed by atoms with Crippen LogP contribution in [0.25, 0.3) is 22.3 Å². The van der Waals surface area contributed by atoms with E-state index in [1.807, 2.05) is 20.0 Å². The number of hydrogen-bond acceptors (Lipinski definition) is 4. The van der Waals surface area contributed by atoms with Gasteiger partial charge >= 0.3 is 0 Å². The average molecular weight is 435 g/mol. The SMILES string of the molecule is C[C@@H](C(=O)N(C)c1ccc2cc(-c3n[nH]c4c3CCC(C)(C)C4)[nH]c2c1)N1CCNCC1. The van der Waals surface area contributed by atoms with Crippen LogP contribution in [0.1, 0.15) is 38.4 Å². The normalized spacial score (nSPS) is 19.6. The Kier molecular flexibility index (Phi) is 5.34. The number of carbonyl (C=O) groups excluding carboxylic acids is 1. The quantitative estimate of drug-likeness (QED) is 0.588. The Bertz CT molecular complexity index is 1140. The van der Waals surface area contributed by atoms with E-state index in [1.54, 1.807) is 4.90 Å². The Hall–Kier alpha value is -2.64. The van der Waals surface area contributed by atoms with Crippen molar-refractivity contribution in [3.05, 3.63) is 35.5 Å². The van der Waals surface area contributed by atoms with E-state index in [0.717, 1.165) is 67.0 Å². The maximum atomic E-state index is 13.1. The van der Waals surface area contributed by atoms with E-state index in [9.17, 15) is 4.79 Å². The van der Waals surface area contributed by atoms with E-state index in [0.29, 0.717) is 5.41 Å². The summed E-state index contributed by atoms with van der Waals surface area (Å²) in [6.45, 7) is 10.3. The Morgan fingerprint density at radius 3 is 2.78 bits per heavy atom. The minimum atomic E-state index is -0.128. The first-order chi connectivity index (χ1) is 15.3. The summed E-state index contributed by atoms with van der Waals surface area (Å²) in [5, 5.41) is 12.4. The second-order valence-corrected chi connectivity index (χ2v) is 10.2. The van der Waals surface area contributed by atoms with Gasteiger partial charge in [-0.25, -0.2) is 0 Å². The Morgan fingerprint density at radius 1 is 1.22 bits per heavy atom. The van der Waals surface area contributed by atoms with Crippen molar-refractivity contribution in [2.45, 2.75) is 46.1 Å². The lowest BCUT2D eigenvalue weighted by Crippen LogP contribution is -2.53. The number of amides is 1. The molecule has 2 aromatic heterocycles. The molecule has 5 rings (SSSR count). The summed E-state index contributed by atoms with van der Waals surface area (Å²) < 4.78 is 0. The number of benzene rings is 1. The number of fused-ring (bicyclic) bond motifs is 2. The second kappa shape index (κ2) is 8.05. The third-order valence-corrected chi connectivity index (χ3v) is 7.30. The van der Waals surface area contributed by atoms with Crippen molar-refractivity contribution in [1.29, 1.82) is 0 Å². The van der Waals surface area contributed by atoms with Crippen LogP contribution in [0.3, 0.4) is 0 Å². The number of aromatic amines is 2. The van der Waals surface area contributed by atoms with Crippen LogP contribution >= 0.6 is 0 Å². The zero-order valence-electron chi connectivity index (χ0n) is 19.6. The molecule has 0 radical (unpaired) electrons. The highest BCUT2D eigenvalue weighted by Crippen LogP contribution is 2.38. The summed E-state index contributed by atoms with van der Waals surface area (Å²) in [6.07, 6.45) is 3.27. The third-order valence-electron chi connectivity index (χ3n) is 7.30. The maximum Gasteiger partial charge on any atom is 0.243 e. The van der Waals surface area contributed by atoms with Crippen molar-refractivity contribution >= 4 is 22.5 Å². The predicted molar refractivity (Wildman–Crippen MR) is 129 cm³/mol. The van der Waals surface area contributed by atoms with Crippen LogP contribution in [0.15, 0.2) is 24.3 Å². The van der Waals surface area contributed by atoms with Crippen molar-refractivity contribution in [3.63, 3.8) is 0 Å². The van der Waals surface area contributed by atoms with Crippen LogP contribution in [0.4, 0.5) is 5.69 Å². The molecule has 1 amide bonds. The van der Waals surface area contributed by atoms with Crippen molar-refractivity contribution < 1.29 is 4.79 Å². The molecular weight excluding hydrogens is 400 g/mol. The lowest BCUT2D eigenvalue weighted by Gasteiger charge is -2.34. The van der Waals surface area contributed by atoms with E-state index in [1.165, 1.54) is 17.7 Å². The van der Waals surface area contributed by atoms with E-state index >= 15 is 0 Å². The third kappa shape index (κ3) is 3.84. The number of rotatable bonds is 4. The molecular formula is C25H34N6O. The highest BCUT2D eigenvalue weighted by Gasteiger charge is 2.30. The maximum absolute atomic E-state index is 13.1. The molecule has 3 heterocycles. The molecule has 0 saturated carbocycles. The van der Waals surface area contributed by atoms with Gasteiger partial charge in [0, 0.05) is 61.1 Å². The summed E-state index contributed by atoms with van der Waals surface area (Å²) >= 11 is 0. The lowest BCUT2D eigenvalue weighted by atomic mass is 9.76. The summed E-state index contributed by atoms with van der Waals surface area (Å²) in [4.78, 5) is 20.7. The Labute approximate surface area is 189 Å². The van der Waals surface area contributed by atoms with Crippen LogP contribution in [0.5, 0.6) is 0 Å². The molecule has 1 aromatic carbocycles. The number of carbonyl (C=O) groups is 1. The van der Waals surface area contributed by atoms with Crippen LogP contribution in [0.2, 0.25) is 0 Å². The molecule has 2 aliphatic rings. The molecule has 3 N–H and O–H groups in total. The van der Waals surface area contributed by atoms with Gasteiger partial charge in [0.1, 0.15) is 5.69 Å². The van der Waals surface area contributed by atoms with E-state index in [2.05, 4.69) is 57.4 Å². The number of H-pyrrole nitrogens is 2. The standard InChI is InChI=1S/C25H34N6O/c1-16(31-11-9-26-10-12-31)24(32)30(4)18-6-5-17-13-21(27-20(17)14-18)23-19-7-8-25(2,3)15-22(19)28-29-23/h5-6,13-14,16,26-27H,7-12,15H2,1-4H3,(H,28,29)/t16-/m0/s1. The fourth-order valence-electron chi connectivity index (χ4n) is 5.15. The highest BCUT2D eigenvalue weighted by molar-refractivity contribution is 5.98. The van der Waals surface area contributed by atoms with Crippen molar-refractivity contribution in [2.75, 3.05) is 38.1 Å². The van der Waals surface area contributed by atoms with Crippen LogP contribution in [0, 0.1) is 5.41 Å². The average Bonchev–Trinajstić information content (AvgIpc) is 3.40. The van der Waals surface area contributed by atoms with Gasteiger partial charge in [-0.1, -0.05) is 19.9 Å². The Balaban J connectivity index is 1.39. The van der Waals surface area contributed by atoms with Gasteiger partial charge in [0.25, 0.3) is 0 Å². The first-order valence-corrected chi connectivity index (χ1v) is 11.7. The van der Waals surface area contributed by atoms with Gasteiger partial charge in [0.2, 0.25) is 5.91 Å². The number of aromatic nitrogens is 3. The number of piperazine rings is 1. The minimum Gasteiger partial charge on any atom is -0.353 e. The molecule has 1 aliphatic heterocycles. The van der Waals surface area contributed by atoms with Crippen LogP contribution in [-0.2, 0) is 17.6 Å². The molecule has 1 fully saturated rings. The van der Waals surface area contributed by atoms with Gasteiger partial charge in [-0.15, -0.1) is 0 Å². The molecule has 170 valence electrons. The van der Waals surface area contributed by atoms with Crippen LogP contribution < -0.4 is 10.2 Å². The minimum absolute atomic E-state index is 0.127. The van der Waals surface area contributed by atoms with Gasteiger partial charge in [0.15, 0.2) is 0 Å². The monoisotopic (exact) mass is 434 g/mol. The molecule has 7 nitrogen and oxygen atoms in total. The molecule has 3 aromatic rings. The predicted octanol–water partition coefficient (Wildman–Crippen LogP) is 3.33. The summed E-state index contributed by atoms with van der Waals surface area (Å²) in [5.41, 5.74) is 6.94. The van der Waals surface area contributed by atoms with Gasteiger partial charge < -0.3 is 15.2 Å². The first-order valence-electron chi connectivity index (χ1n) is 11.7. The Morgan fingerprint density at radius 2 is 2.00 bits per heavy atom. The van der Waals surface area contributed by atoms with Gasteiger partial charge in [-0.05, 0) is 49.8 Å². The van der Waals surface area contributed by atoms with E-state index in [-0.39, 0.29) is 11.9 Å². The topological polar surface area (TPSA) is 80.0 Å². The zero-order chi connectivity index (χ0) is 22.5. The highest BCUT2D eigenvalue weighted by atomic mass is 16.2. The molecule has 0 unspecified atom stereocenters. The van der Waals surface area contributed by atoms with Gasteiger partial charge in [0.05, 0.1) is 11.7 Å². The number of likely N-dealkylation sites (N-methyl/N-ethyl adjacent to an activating group) is 1. The molecule has 7 heteroatoms. The number of anilines is 1. The number of nitrogens with one attached hydrogen (secondary N) is 3. The molecule has 0 spiro atoms. The largest absolute Gasteiger partial charge is 0.353 e. The molecule has 0 bridgehead atoms. The van der Waals surface area contributed by atoms with Gasteiger partial charge in [-0.3, -0.25) is 14.8 Å².